The number of phenolic OH excluding ortho intramolecular Hbond substituents is 1. The highest BCUT2D eigenvalue weighted by Gasteiger charge is 2.27. The van der Waals surface area contributed by atoms with Crippen molar-refractivity contribution < 1.29 is 19.4 Å². The first-order valence-corrected chi connectivity index (χ1v) is 9.08. The molecule has 0 atom stereocenters. The Morgan fingerprint density at radius 1 is 1.27 bits per heavy atom. The minimum atomic E-state index is -0.521. The number of halogens is 1. The molecule has 0 bridgehead atoms. The highest BCUT2D eigenvalue weighted by Crippen LogP contribution is 2.30. The highest BCUT2D eigenvalue weighted by molar-refractivity contribution is 9.10. The van der Waals surface area contributed by atoms with Crippen LogP contribution in [0.2, 0.25) is 0 Å². The second-order valence-corrected chi connectivity index (χ2v) is 7.74. The van der Waals surface area contributed by atoms with E-state index < -0.39 is 11.9 Å². The van der Waals surface area contributed by atoms with E-state index in [2.05, 4.69) is 26.1 Å². The molecule has 1 aliphatic heterocycles. The fourth-order valence-electron chi connectivity index (χ4n) is 2.44. The average Bonchev–Trinajstić information content (AvgIpc) is 3.12. The van der Waals surface area contributed by atoms with Crippen molar-refractivity contribution in [3.63, 3.8) is 0 Å². The van der Waals surface area contributed by atoms with Gasteiger partial charge >= 0.3 is 0 Å². The summed E-state index contributed by atoms with van der Waals surface area (Å²) in [7, 11) is 0. The maximum atomic E-state index is 10.4. The SMILES string of the molecule is CC(C)(C)O/N=C(\c1cc(Br)ccc1O)c1ncccc1C1OCCO1. The van der Waals surface area contributed by atoms with E-state index >= 15 is 0 Å². The Morgan fingerprint density at radius 2 is 2.00 bits per heavy atom. The maximum Gasteiger partial charge on any atom is 0.186 e. The number of ether oxygens (including phenoxy) is 2. The van der Waals surface area contributed by atoms with Crippen molar-refractivity contribution in [1.82, 2.24) is 4.98 Å². The second kappa shape index (κ2) is 7.73. The number of benzene rings is 1. The summed E-state index contributed by atoms with van der Waals surface area (Å²) in [6.07, 6.45) is 1.14. The first-order chi connectivity index (χ1) is 12.3. The molecule has 1 N–H and O–H groups in total. The van der Waals surface area contributed by atoms with Crippen LogP contribution in [0.3, 0.4) is 0 Å². The van der Waals surface area contributed by atoms with Gasteiger partial charge in [-0.05, 0) is 45.0 Å². The summed E-state index contributed by atoms with van der Waals surface area (Å²) in [5.74, 6) is 0.0781. The minimum absolute atomic E-state index is 0.0781. The fourth-order valence-corrected chi connectivity index (χ4v) is 2.81. The molecule has 1 fully saturated rings. The van der Waals surface area contributed by atoms with Crippen LogP contribution in [0.1, 0.15) is 43.9 Å². The predicted molar refractivity (Wildman–Crippen MR) is 101 cm³/mol. The number of phenols is 1. The molecule has 0 saturated carbocycles. The second-order valence-electron chi connectivity index (χ2n) is 6.82. The lowest BCUT2D eigenvalue weighted by Crippen LogP contribution is -2.19. The Hall–Kier alpha value is -1.96. The normalized spacial score (nSPS) is 16.1. The molecular formula is C19H21BrN2O4. The highest BCUT2D eigenvalue weighted by atomic mass is 79.9. The standard InChI is InChI=1S/C19H21BrN2O4/c1-19(2,3)26-22-17(14-11-12(20)6-7-15(14)23)16-13(5-4-8-21-16)18-24-9-10-25-18/h4-8,11,18,23H,9-10H2,1-3H3/b22-17+. The number of hydrogen-bond donors (Lipinski definition) is 1. The molecule has 1 aromatic heterocycles. The first-order valence-electron chi connectivity index (χ1n) is 8.29. The van der Waals surface area contributed by atoms with Crippen LogP contribution in [0.25, 0.3) is 0 Å². The van der Waals surface area contributed by atoms with Crippen molar-refractivity contribution in [1.29, 1.82) is 0 Å². The number of rotatable bonds is 4. The van der Waals surface area contributed by atoms with Crippen LogP contribution >= 0.6 is 15.9 Å². The smallest absolute Gasteiger partial charge is 0.186 e. The van der Waals surface area contributed by atoms with Crippen molar-refractivity contribution >= 4 is 21.6 Å². The third kappa shape index (κ3) is 4.41. The molecule has 138 valence electrons. The van der Waals surface area contributed by atoms with E-state index in [0.29, 0.717) is 30.2 Å². The summed E-state index contributed by atoms with van der Waals surface area (Å²) in [5, 5.41) is 14.7. The van der Waals surface area contributed by atoms with Crippen LogP contribution < -0.4 is 0 Å². The van der Waals surface area contributed by atoms with Gasteiger partial charge < -0.3 is 19.4 Å². The molecule has 7 heteroatoms. The first kappa shape index (κ1) is 18.8. The third-order valence-electron chi connectivity index (χ3n) is 3.56. The number of oxime groups is 1. The van der Waals surface area contributed by atoms with Gasteiger partial charge in [-0.2, -0.15) is 0 Å². The number of pyridine rings is 1. The Kier molecular flexibility index (Phi) is 5.60. The van der Waals surface area contributed by atoms with Gasteiger partial charge in [0.1, 0.15) is 22.8 Å². The van der Waals surface area contributed by atoms with Crippen LogP contribution in [0.5, 0.6) is 5.75 Å². The molecule has 1 aliphatic rings. The lowest BCUT2D eigenvalue weighted by Gasteiger charge is -2.19. The monoisotopic (exact) mass is 420 g/mol. The lowest BCUT2D eigenvalue weighted by atomic mass is 10.0. The number of hydrogen-bond acceptors (Lipinski definition) is 6. The third-order valence-corrected chi connectivity index (χ3v) is 4.06. The van der Waals surface area contributed by atoms with E-state index in [1.807, 2.05) is 32.9 Å². The van der Waals surface area contributed by atoms with E-state index in [0.717, 1.165) is 10.0 Å². The molecule has 0 unspecified atom stereocenters. The van der Waals surface area contributed by atoms with E-state index in [1.165, 1.54) is 0 Å². The summed E-state index contributed by atoms with van der Waals surface area (Å²) in [5.41, 5.74) is 1.69. The zero-order valence-electron chi connectivity index (χ0n) is 14.9. The largest absolute Gasteiger partial charge is 0.507 e. The van der Waals surface area contributed by atoms with Gasteiger partial charge in [-0.25, -0.2) is 0 Å². The zero-order valence-corrected chi connectivity index (χ0v) is 16.5. The molecule has 1 saturated heterocycles. The van der Waals surface area contributed by atoms with E-state index in [-0.39, 0.29) is 5.75 Å². The van der Waals surface area contributed by atoms with Crippen molar-refractivity contribution in [2.24, 2.45) is 5.16 Å². The van der Waals surface area contributed by atoms with Crippen molar-refractivity contribution in [3.8, 4) is 5.75 Å². The maximum absolute atomic E-state index is 10.4. The molecule has 2 heterocycles. The molecule has 0 radical (unpaired) electrons. The van der Waals surface area contributed by atoms with Crippen LogP contribution in [0, 0.1) is 0 Å². The summed E-state index contributed by atoms with van der Waals surface area (Å²) >= 11 is 3.44. The van der Waals surface area contributed by atoms with E-state index in [4.69, 9.17) is 14.3 Å². The number of nitrogens with zero attached hydrogens (tertiary/aromatic N) is 2. The molecule has 6 nitrogen and oxygen atoms in total. The molecule has 3 rings (SSSR count). The molecule has 1 aromatic carbocycles. The zero-order chi connectivity index (χ0) is 18.7. The van der Waals surface area contributed by atoms with Crippen LogP contribution in [-0.4, -0.2) is 34.6 Å². The Balaban J connectivity index is 2.14. The summed E-state index contributed by atoms with van der Waals surface area (Å²) in [4.78, 5) is 10.1. The van der Waals surface area contributed by atoms with Gasteiger partial charge in [-0.15, -0.1) is 0 Å². The topological polar surface area (TPSA) is 73.2 Å². The Bertz CT molecular complexity index is 811. The fraction of sp³-hybridized carbons (Fsp3) is 0.368. The summed E-state index contributed by atoms with van der Waals surface area (Å²) < 4.78 is 12.1. The molecule has 0 spiro atoms. The molecule has 0 aliphatic carbocycles. The number of aromatic hydroxyl groups is 1. The van der Waals surface area contributed by atoms with Gasteiger partial charge in [0, 0.05) is 21.8 Å². The van der Waals surface area contributed by atoms with Crippen LogP contribution in [0.15, 0.2) is 46.2 Å². The molecule has 0 amide bonds. The summed E-state index contributed by atoms with van der Waals surface area (Å²) in [6.45, 7) is 6.74. The van der Waals surface area contributed by atoms with Gasteiger partial charge in [0.25, 0.3) is 0 Å². The van der Waals surface area contributed by atoms with Gasteiger partial charge in [0.15, 0.2) is 6.29 Å². The van der Waals surface area contributed by atoms with Gasteiger partial charge in [0.2, 0.25) is 0 Å². The minimum Gasteiger partial charge on any atom is -0.507 e. The van der Waals surface area contributed by atoms with Gasteiger partial charge in [-0.1, -0.05) is 27.2 Å². The number of aromatic nitrogens is 1. The van der Waals surface area contributed by atoms with Gasteiger partial charge in [0.05, 0.1) is 13.2 Å². The van der Waals surface area contributed by atoms with E-state index in [9.17, 15) is 5.11 Å². The Labute approximate surface area is 160 Å². The lowest BCUT2D eigenvalue weighted by molar-refractivity contribution is -0.0445. The van der Waals surface area contributed by atoms with Crippen molar-refractivity contribution in [2.45, 2.75) is 32.7 Å². The molecule has 26 heavy (non-hydrogen) atoms. The Morgan fingerprint density at radius 3 is 2.69 bits per heavy atom. The quantitative estimate of drug-likeness (QED) is 0.593. The molecular weight excluding hydrogens is 400 g/mol. The van der Waals surface area contributed by atoms with Crippen LogP contribution in [-0.2, 0) is 14.3 Å². The van der Waals surface area contributed by atoms with Crippen molar-refractivity contribution in [2.75, 3.05) is 13.2 Å². The van der Waals surface area contributed by atoms with Crippen LogP contribution in [0.4, 0.5) is 0 Å². The summed E-state index contributed by atoms with van der Waals surface area (Å²) in [6, 6.07) is 8.81. The molecule has 2 aromatic rings. The van der Waals surface area contributed by atoms with Crippen molar-refractivity contribution in [3.05, 3.63) is 57.8 Å². The predicted octanol–water partition coefficient (Wildman–Crippen LogP) is 4.16. The van der Waals surface area contributed by atoms with E-state index in [1.54, 1.807) is 24.4 Å². The van der Waals surface area contributed by atoms with Gasteiger partial charge in [-0.3, -0.25) is 4.98 Å². The average molecular weight is 421 g/mol.